The molecule has 0 fully saturated rings. The van der Waals surface area contributed by atoms with E-state index in [2.05, 4.69) is 20.0 Å². The zero-order chi connectivity index (χ0) is 9.10. The molecule has 0 bridgehead atoms. The fraction of sp³-hybridized carbons (Fsp3) is 0.143. The van der Waals surface area contributed by atoms with Crippen molar-refractivity contribution >= 4 is 5.65 Å². The van der Waals surface area contributed by atoms with E-state index in [1.807, 2.05) is 10.6 Å². The van der Waals surface area contributed by atoms with E-state index < -0.39 is 0 Å². The highest BCUT2D eigenvalue weighted by atomic mass is 15.1. The fourth-order valence-corrected chi connectivity index (χ4v) is 1.05. The Bertz CT molecular complexity index is 467. The van der Waals surface area contributed by atoms with E-state index in [0.717, 1.165) is 11.3 Å². The maximum Gasteiger partial charge on any atom is 0.155 e. The molecule has 2 aromatic rings. The molecule has 0 radical (unpaired) electrons. The summed E-state index contributed by atoms with van der Waals surface area (Å²) in [6.07, 6.45) is 6.93. The third-order valence-corrected chi connectivity index (χ3v) is 1.63. The second kappa shape index (κ2) is 3.12. The van der Waals surface area contributed by atoms with Gasteiger partial charge in [0.25, 0.3) is 0 Å². The van der Waals surface area contributed by atoms with E-state index in [4.69, 9.17) is 5.53 Å². The van der Waals surface area contributed by atoms with Crippen LogP contribution in [-0.2, 0) is 6.54 Å². The van der Waals surface area contributed by atoms with Crippen LogP contribution in [0.25, 0.3) is 16.1 Å². The maximum atomic E-state index is 8.11. The van der Waals surface area contributed by atoms with E-state index in [-0.39, 0.29) is 6.54 Å². The lowest BCUT2D eigenvalue weighted by Gasteiger charge is -1.95. The topological polar surface area (TPSA) is 79.0 Å². The van der Waals surface area contributed by atoms with Gasteiger partial charge in [-0.15, -0.1) is 0 Å². The zero-order valence-electron chi connectivity index (χ0n) is 6.70. The summed E-state index contributed by atoms with van der Waals surface area (Å²) >= 11 is 0. The molecule has 0 aliphatic carbocycles. The summed E-state index contributed by atoms with van der Waals surface area (Å²) < 4.78 is 1.83. The number of rotatable bonds is 2. The van der Waals surface area contributed by atoms with Crippen LogP contribution in [0.1, 0.15) is 5.69 Å². The molecule has 0 aliphatic rings. The Morgan fingerprint density at radius 1 is 1.54 bits per heavy atom. The van der Waals surface area contributed by atoms with Gasteiger partial charge < -0.3 is 4.40 Å². The van der Waals surface area contributed by atoms with Crippen molar-refractivity contribution in [3.63, 3.8) is 0 Å². The van der Waals surface area contributed by atoms with Crippen LogP contribution in [0.15, 0.2) is 29.9 Å². The number of hydrogen-bond donors (Lipinski definition) is 0. The SMILES string of the molecule is [N-]=[N+]=NCc1cn2ccnc2cn1. The van der Waals surface area contributed by atoms with Crippen molar-refractivity contribution in [2.24, 2.45) is 5.11 Å². The Balaban J connectivity index is 2.42. The van der Waals surface area contributed by atoms with Gasteiger partial charge in [0, 0.05) is 23.5 Å². The van der Waals surface area contributed by atoms with Crippen LogP contribution < -0.4 is 0 Å². The molecule has 6 heteroatoms. The number of aromatic nitrogens is 3. The smallest absolute Gasteiger partial charge is 0.155 e. The van der Waals surface area contributed by atoms with E-state index in [0.29, 0.717) is 0 Å². The van der Waals surface area contributed by atoms with Gasteiger partial charge in [-0.3, -0.25) is 4.98 Å². The Morgan fingerprint density at radius 3 is 3.31 bits per heavy atom. The maximum absolute atomic E-state index is 8.11. The molecule has 2 heterocycles. The highest BCUT2D eigenvalue weighted by Crippen LogP contribution is 2.01. The molecule has 0 amide bonds. The van der Waals surface area contributed by atoms with Gasteiger partial charge in [0.05, 0.1) is 18.4 Å². The zero-order valence-corrected chi connectivity index (χ0v) is 6.70. The lowest BCUT2D eigenvalue weighted by atomic mass is 10.4. The Hall–Kier alpha value is -2.07. The van der Waals surface area contributed by atoms with Crippen LogP contribution in [0.2, 0.25) is 0 Å². The van der Waals surface area contributed by atoms with Gasteiger partial charge in [-0.25, -0.2) is 4.98 Å². The summed E-state index contributed by atoms with van der Waals surface area (Å²) in [4.78, 5) is 10.8. The summed E-state index contributed by atoms with van der Waals surface area (Å²) in [5.41, 5.74) is 9.62. The summed E-state index contributed by atoms with van der Waals surface area (Å²) in [5, 5.41) is 3.42. The lowest BCUT2D eigenvalue weighted by Crippen LogP contribution is -1.91. The first-order valence-electron chi connectivity index (χ1n) is 3.68. The average Bonchev–Trinajstić information content (AvgIpc) is 2.61. The minimum Gasteiger partial charge on any atom is -0.304 e. The predicted molar refractivity (Wildman–Crippen MR) is 45.8 cm³/mol. The molecular weight excluding hydrogens is 168 g/mol. The predicted octanol–water partition coefficient (Wildman–Crippen LogP) is 1.54. The largest absolute Gasteiger partial charge is 0.304 e. The third kappa shape index (κ3) is 1.43. The monoisotopic (exact) mass is 174 g/mol. The lowest BCUT2D eigenvalue weighted by molar-refractivity contribution is 0.940. The molecule has 0 aromatic carbocycles. The molecule has 2 aromatic heterocycles. The molecule has 64 valence electrons. The van der Waals surface area contributed by atoms with Gasteiger partial charge in [0.2, 0.25) is 0 Å². The molecule has 6 nitrogen and oxygen atoms in total. The fourth-order valence-electron chi connectivity index (χ4n) is 1.05. The minimum absolute atomic E-state index is 0.268. The summed E-state index contributed by atoms with van der Waals surface area (Å²) in [5.74, 6) is 0. The van der Waals surface area contributed by atoms with Gasteiger partial charge >= 0.3 is 0 Å². The Labute approximate surface area is 73.5 Å². The minimum atomic E-state index is 0.268. The van der Waals surface area contributed by atoms with E-state index in [1.165, 1.54) is 0 Å². The first kappa shape index (κ1) is 7.57. The van der Waals surface area contributed by atoms with Crippen molar-refractivity contribution in [1.29, 1.82) is 0 Å². The Morgan fingerprint density at radius 2 is 2.46 bits per heavy atom. The molecule has 2 rings (SSSR count). The molecule has 0 saturated heterocycles. The molecule has 0 atom stereocenters. The normalized spacial score (nSPS) is 9.85. The van der Waals surface area contributed by atoms with Crippen LogP contribution in [0.3, 0.4) is 0 Å². The van der Waals surface area contributed by atoms with Gasteiger partial charge in [-0.2, -0.15) is 0 Å². The molecule has 13 heavy (non-hydrogen) atoms. The van der Waals surface area contributed by atoms with Crippen LogP contribution >= 0.6 is 0 Å². The van der Waals surface area contributed by atoms with Crippen molar-refractivity contribution in [1.82, 2.24) is 14.4 Å². The number of hydrogen-bond acceptors (Lipinski definition) is 3. The van der Waals surface area contributed by atoms with E-state index >= 15 is 0 Å². The number of azide groups is 1. The number of nitrogens with zero attached hydrogens (tertiary/aromatic N) is 6. The standard InChI is InChI=1S/C7H6N6/c8-12-11-3-6-5-13-2-1-9-7(13)4-10-6/h1-2,4-5H,3H2. The second-order valence-electron chi connectivity index (χ2n) is 2.46. The molecule has 0 unspecified atom stereocenters. The molecule has 0 aliphatic heterocycles. The van der Waals surface area contributed by atoms with Crippen LogP contribution in [0.4, 0.5) is 0 Å². The quantitative estimate of drug-likeness (QED) is 0.393. The Kier molecular flexibility index (Phi) is 1.82. The molecule has 0 saturated carbocycles. The van der Waals surface area contributed by atoms with Crippen molar-refractivity contribution in [3.8, 4) is 0 Å². The van der Waals surface area contributed by atoms with Crippen LogP contribution in [-0.4, -0.2) is 14.4 Å². The van der Waals surface area contributed by atoms with Crippen molar-refractivity contribution in [2.75, 3.05) is 0 Å². The first-order valence-corrected chi connectivity index (χ1v) is 3.68. The number of imidazole rings is 1. The van der Waals surface area contributed by atoms with Gasteiger partial charge in [-0.05, 0) is 5.53 Å². The van der Waals surface area contributed by atoms with Crippen molar-refractivity contribution < 1.29 is 0 Å². The summed E-state index contributed by atoms with van der Waals surface area (Å²) in [6.45, 7) is 0.268. The van der Waals surface area contributed by atoms with Crippen LogP contribution in [0.5, 0.6) is 0 Å². The average molecular weight is 174 g/mol. The summed E-state index contributed by atoms with van der Waals surface area (Å²) in [6, 6.07) is 0. The number of fused-ring (bicyclic) bond motifs is 1. The van der Waals surface area contributed by atoms with Gasteiger partial charge in [0.1, 0.15) is 0 Å². The molecular formula is C7H6N6. The highest BCUT2D eigenvalue weighted by molar-refractivity contribution is 5.34. The highest BCUT2D eigenvalue weighted by Gasteiger charge is 1.95. The van der Waals surface area contributed by atoms with Crippen molar-refractivity contribution in [3.05, 3.63) is 40.9 Å². The summed E-state index contributed by atoms with van der Waals surface area (Å²) in [7, 11) is 0. The molecule has 0 N–H and O–H groups in total. The van der Waals surface area contributed by atoms with E-state index in [1.54, 1.807) is 18.6 Å². The third-order valence-electron chi connectivity index (χ3n) is 1.63. The van der Waals surface area contributed by atoms with E-state index in [9.17, 15) is 0 Å². The van der Waals surface area contributed by atoms with Gasteiger partial charge in [0.15, 0.2) is 5.65 Å². The second-order valence-corrected chi connectivity index (χ2v) is 2.46. The van der Waals surface area contributed by atoms with Gasteiger partial charge in [-0.1, -0.05) is 5.11 Å². The van der Waals surface area contributed by atoms with Crippen molar-refractivity contribution in [2.45, 2.75) is 6.54 Å². The molecule has 0 spiro atoms. The van der Waals surface area contributed by atoms with Crippen LogP contribution in [0, 0.1) is 0 Å². The first-order chi connectivity index (χ1) is 6.40.